The van der Waals surface area contributed by atoms with Gasteiger partial charge in [-0.1, -0.05) is 36.4 Å². The van der Waals surface area contributed by atoms with Crippen LogP contribution in [0.5, 0.6) is 0 Å². The Labute approximate surface area is 166 Å². The lowest BCUT2D eigenvalue weighted by Crippen LogP contribution is -2.40. The fraction of sp³-hybridized carbons (Fsp3) is 0.375. The molecule has 0 radical (unpaired) electrons. The van der Waals surface area contributed by atoms with Gasteiger partial charge in [-0.05, 0) is 69.5 Å². The smallest absolute Gasteiger partial charge is 0.268 e. The van der Waals surface area contributed by atoms with E-state index in [1.165, 1.54) is 11.1 Å². The molecule has 0 bridgehead atoms. The molecular formula is C24H29N3O. The summed E-state index contributed by atoms with van der Waals surface area (Å²) in [7, 11) is 0. The van der Waals surface area contributed by atoms with E-state index >= 15 is 0 Å². The zero-order valence-corrected chi connectivity index (χ0v) is 16.9. The molecule has 2 heterocycles. The predicted octanol–water partition coefficient (Wildman–Crippen LogP) is 4.17. The zero-order valence-electron chi connectivity index (χ0n) is 16.9. The lowest BCUT2D eigenvalue weighted by atomic mass is 9.74. The number of hydrogen-bond donors (Lipinski definition) is 3. The van der Waals surface area contributed by atoms with Crippen LogP contribution in [0.1, 0.15) is 48.8 Å². The highest BCUT2D eigenvalue weighted by Crippen LogP contribution is 2.36. The van der Waals surface area contributed by atoms with E-state index in [0.29, 0.717) is 5.69 Å². The number of aromatic nitrogens is 1. The Morgan fingerprint density at radius 3 is 2.57 bits per heavy atom. The minimum absolute atomic E-state index is 0.0632. The van der Waals surface area contributed by atoms with Crippen molar-refractivity contribution in [2.45, 2.75) is 44.6 Å². The van der Waals surface area contributed by atoms with Gasteiger partial charge in [-0.2, -0.15) is 0 Å². The summed E-state index contributed by atoms with van der Waals surface area (Å²) in [6.45, 7) is 8.00. The molecule has 1 fully saturated rings. The Morgan fingerprint density at radius 1 is 1.11 bits per heavy atom. The third kappa shape index (κ3) is 3.83. The molecule has 0 aliphatic carbocycles. The van der Waals surface area contributed by atoms with Crippen LogP contribution < -0.4 is 10.6 Å². The number of carbonyl (C=O) groups is 1. The van der Waals surface area contributed by atoms with Crippen LogP contribution >= 0.6 is 0 Å². The van der Waals surface area contributed by atoms with Gasteiger partial charge in [-0.3, -0.25) is 4.79 Å². The number of hydrogen-bond acceptors (Lipinski definition) is 2. The molecule has 1 aromatic heterocycles. The largest absolute Gasteiger partial charge is 0.351 e. The van der Waals surface area contributed by atoms with E-state index in [1.807, 2.05) is 26.8 Å². The predicted molar refractivity (Wildman–Crippen MR) is 115 cm³/mol. The van der Waals surface area contributed by atoms with Crippen LogP contribution in [-0.2, 0) is 11.8 Å². The molecule has 28 heavy (non-hydrogen) atoms. The molecule has 1 amide bonds. The normalized spacial score (nSPS) is 19.8. The first-order valence-electron chi connectivity index (χ1n) is 10.1. The minimum atomic E-state index is -0.255. The second-order valence-electron chi connectivity index (χ2n) is 9.06. The summed E-state index contributed by atoms with van der Waals surface area (Å²) in [5.41, 5.74) is 4.17. The van der Waals surface area contributed by atoms with Crippen molar-refractivity contribution in [3.8, 4) is 0 Å². The third-order valence-electron chi connectivity index (χ3n) is 5.60. The van der Waals surface area contributed by atoms with Crippen molar-refractivity contribution in [3.05, 3.63) is 71.4 Å². The maximum Gasteiger partial charge on any atom is 0.268 e. The van der Waals surface area contributed by atoms with E-state index < -0.39 is 0 Å². The molecule has 1 aliphatic heterocycles. The van der Waals surface area contributed by atoms with Gasteiger partial charge in [-0.25, -0.2) is 0 Å². The minimum Gasteiger partial charge on any atom is -0.351 e. The van der Waals surface area contributed by atoms with Crippen molar-refractivity contribution in [1.82, 2.24) is 15.6 Å². The highest BCUT2D eigenvalue weighted by Gasteiger charge is 2.36. The molecular weight excluding hydrogens is 346 g/mol. The van der Waals surface area contributed by atoms with Crippen molar-refractivity contribution in [2.75, 3.05) is 13.1 Å². The summed E-state index contributed by atoms with van der Waals surface area (Å²) in [6, 6.07) is 19.3. The van der Waals surface area contributed by atoms with E-state index in [2.05, 4.69) is 64.1 Å². The first kappa shape index (κ1) is 18.8. The van der Waals surface area contributed by atoms with Gasteiger partial charge in [0.1, 0.15) is 5.69 Å². The van der Waals surface area contributed by atoms with Crippen LogP contribution in [0.2, 0.25) is 0 Å². The van der Waals surface area contributed by atoms with Gasteiger partial charge in [0.15, 0.2) is 0 Å². The maximum atomic E-state index is 12.5. The second-order valence-corrected chi connectivity index (χ2v) is 9.06. The van der Waals surface area contributed by atoms with Crippen molar-refractivity contribution in [2.24, 2.45) is 0 Å². The number of benzene rings is 2. The molecule has 0 saturated carbocycles. The Morgan fingerprint density at radius 2 is 1.89 bits per heavy atom. The highest BCUT2D eigenvalue weighted by atomic mass is 16.2. The zero-order chi connectivity index (χ0) is 19.8. The fourth-order valence-corrected chi connectivity index (χ4v) is 4.22. The number of amides is 1. The number of aromatic amines is 1. The standard InChI is InChI=1S/C24H29N3O/c1-23(2,3)27-22(28)21-14-18-13-19(9-10-20(18)26-21)24(11-12-25-16-24)15-17-7-5-4-6-8-17/h4-10,13-14,25-26H,11-12,15-16H2,1-3H3,(H,27,28). The molecule has 1 saturated heterocycles. The van der Waals surface area contributed by atoms with Crippen LogP contribution in [0.3, 0.4) is 0 Å². The average Bonchev–Trinajstić information content (AvgIpc) is 3.28. The summed E-state index contributed by atoms with van der Waals surface area (Å²) in [6.07, 6.45) is 2.14. The lowest BCUT2D eigenvalue weighted by molar-refractivity contribution is 0.0915. The van der Waals surface area contributed by atoms with Crippen molar-refractivity contribution in [3.63, 3.8) is 0 Å². The van der Waals surface area contributed by atoms with E-state index in [1.54, 1.807) is 0 Å². The van der Waals surface area contributed by atoms with Crippen LogP contribution in [0.25, 0.3) is 10.9 Å². The van der Waals surface area contributed by atoms with Crippen molar-refractivity contribution in [1.29, 1.82) is 0 Å². The number of carbonyl (C=O) groups excluding carboxylic acids is 1. The van der Waals surface area contributed by atoms with Crippen LogP contribution in [0.4, 0.5) is 0 Å². The summed E-state index contributed by atoms with van der Waals surface area (Å²) in [5.74, 6) is -0.0632. The molecule has 3 N–H and O–H groups in total. The first-order chi connectivity index (χ1) is 13.3. The quantitative estimate of drug-likeness (QED) is 0.641. The van der Waals surface area contributed by atoms with Gasteiger partial charge in [-0.15, -0.1) is 0 Å². The van der Waals surface area contributed by atoms with Gasteiger partial charge >= 0.3 is 0 Å². The van der Waals surface area contributed by atoms with Crippen LogP contribution in [0.15, 0.2) is 54.6 Å². The Balaban J connectivity index is 1.67. The number of rotatable bonds is 4. The third-order valence-corrected chi connectivity index (χ3v) is 5.60. The lowest BCUT2D eigenvalue weighted by Gasteiger charge is -2.29. The topological polar surface area (TPSA) is 56.9 Å². The summed E-state index contributed by atoms with van der Waals surface area (Å²) in [4.78, 5) is 15.8. The van der Waals surface area contributed by atoms with Gasteiger partial charge in [0.05, 0.1) is 0 Å². The van der Waals surface area contributed by atoms with E-state index in [9.17, 15) is 4.79 Å². The van der Waals surface area contributed by atoms with Gasteiger partial charge < -0.3 is 15.6 Å². The molecule has 1 unspecified atom stereocenters. The van der Waals surface area contributed by atoms with Crippen molar-refractivity contribution < 1.29 is 4.79 Å². The molecule has 0 spiro atoms. The molecule has 4 nitrogen and oxygen atoms in total. The number of fused-ring (bicyclic) bond motifs is 1. The molecule has 146 valence electrons. The molecule has 4 heteroatoms. The molecule has 2 aromatic carbocycles. The first-order valence-corrected chi connectivity index (χ1v) is 10.1. The van der Waals surface area contributed by atoms with E-state index in [4.69, 9.17) is 0 Å². The van der Waals surface area contributed by atoms with Crippen LogP contribution in [0, 0.1) is 0 Å². The molecule has 1 atom stereocenters. The summed E-state index contributed by atoms with van der Waals surface area (Å²) in [5, 5.41) is 7.68. The molecule has 1 aliphatic rings. The van der Waals surface area contributed by atoms with Gasteiger partial charge in [0.25, 0.3) is 5.91 Å². The Bertz CT molecular complexity index is 976. The summed E-state index contributed by atoms with van der Waals surface area (Å²) < 4.78 is 0. The molecule has 3 aromatic rings. The second kappa shape index (κ2) is 7.10. The molecule has 4 rings (SSSR count). The Kier molecular flexibility index (Phi) is 4.76. The number of H-pyrrole nitrogens is 1. The Hall–Kier alpha value is -2.59. The van der Waals surface area contributed by atoms with Crippen LogP contribution in [-0.4, -0.2) is 29.5 Å². The fourth-order valence-electron chi connectivity index (χ4n) is 4.22. The average molecular weight is 376 g/mol. The van der Waals surface area contributed by atoms with Gasteiger partial charge in [0, 0.05) is 28.4 Å². The van der Waals surface area contributed by atoms with Gasteiger partial charge in [0.2, 0.25) is 0 Å². The monoisotopic (exact) mass is 375 g/mol. The van der Waals surface area contributed by atoms with Crippen molar-refractivity contribution >= 4 is 16.8 Å². The maximum absolute atomic E-state index is 12.5. The number of nitrogens with one attached hydrogen (secondary N) is 3. The summed E-state index contributed by atoms with van der Waals surface area (Å²) >= 11 is 0. The highest BCUT2D eigenvalue weighted by molar-refractivity contribution is 5.98. The SMILES string of the molecule is CC(C)(C)NC(=O)c1cc2cc(C3(Cc4ccccc4)CCNC3)ccc2[nH]1. The van der Waals surface area contributed by atoms with E-state index in [0.717, 1.165) is 36.8 Å². The van der Waals surface area contributed by atoms with E-state index in [-0.39, 0.29) is 16.9 Å².